The SMILES string of the molecule is Cc1cccc(-n2c(C=C3C(=O)Nc4ccc(Br)cc43)nc3ccc(Br)cc3c2=O)c1. The molecule has 0 bridgehead atoms. The maximum Gasteiger partial charge on any atom is 0.266 e. The third-order valence-electron chi connectivity index (χ3n) is 5.15. The van der Waals surface area contributed by atoms with Crippen molar-refractivity contribution in [3.8, 4) is 5.69 Å². The van der Waals surface area contributed by atoms with Gasteiger partial charge in [0.25, 0.3) is 11.5 Å². The van der Waals surface area contributed by atoms with Crippen molar-refractivity contribution in [1.82, 2.24) is 9.55 Å². The van der Waals surface area contributed by atoms with Crippen LogP contribution in [0.4, 0.5) is 5.69 Å². The average Bonchev–Trinajstić information content (AvgIpc) is 3.03. The van der Waals surface area contributed by atoms with Crippen LogP contribution in [0.5, 0.6) is 0 Å². The number of nitrogens with one attached hydrogen (secondary N) is 1. The van der Waals surface area contributed by atoms with Gasteiger partial charge in [-0.1, -0.05) is 44.0 Å². The van der Waals surface area contributed by atoms with E-state index in [1.807, 2.05) is 55.5 Å². The van der Waals surface area contributed by atoms with Gasteiger partial charge in [0.15, 0.2) is 0 Å². The third kappa shape index (κ3) is 3.54. The number of amides is 1. The normalized spacial score (nSPS) is 14.2. The minimum absolute atomic E-state index is 0.198. The number of carbonyl (C=O) groups excluding carboxylic acids is 1. The molecule has 0 saturated carbocycles. The van der Waals surface area contributed by atoms with E-state index in [1.165, 1.54) is 0 Å². The molecule has 0 radical (unpaired) electrons. The highest BCUT2D eigenvalue weighted by Crippen LogP contribution is 2.35. The van der Waals surface area contributed by atoms with Crippen LogP contribution in [0, 0.1) is 6.92 Å². The van der Waals surface area contributed by atoms with Crippen molar-refractivity contribution in [2.24, 2.45) is 0 Å². The lowest BCUT2D eigenvalue weighted by atomic mass is 10.1. The Bertz CT molecular complexity index is 1490. The molecule has 5 nitrogen and oxygen atoms in total. The van der Waals surface area contributed by atoms with Crippen molar-refractivity contribution in [2.75, 3.05) is 5.32 Å². The summed E-state index contributed by atoms with van der Waals surface area (Å²) in [4.78, 5) is 31.0. The molecule has 1 N–H and O–H groups in total. The van der Waals surface area contributed by atoms with E-state index in [4.69, 9.17) is 4.98 Å². The molecule has 0 spiro atoms. The Morgan fingerprint density at radius 3 is 2.55 bits per heavy atom. The van der Waals surface area contributed by atoms with E-state index in [0.29, 0.717) is 28.0 Å². The summed E-state index contributed by atoms with van der Waals surface area (Å²) < 4.78 is 3.22. The van der Waals surface area contributed by atoms with E-state index in [-0.39, 0.29) is 11.5 Å². The topological polar surface area (TPSA) is 64.0 Å². The van der Waals surface area contributed by atoms with Crippen LogP contribution < -0.4 is 10.9 Å². The van der Waals surface area contributed by atoms with Crippen LogP contribution in [-0.4, -0.2) is 15.5 Å². The van der Waals surface area contributed by atoms with Crippen LogP contribution in [0.1, 0.15) is 17.0 Å². The number of carbonyl (C=O) groups is 1. The average molecular weight is 537 g/mol. The lowest BCUT2D eigenvalue weighted by Crippen LogP contribution is -2.22. The highest BCUT2D eigenvalue weighted by Gasteiger charge is 2.25. The minimum Gasteiger partial charge on any atom is -0.321 e. The van der Waals surface area contributed by atoms with Gasteiger partial charge in [-0.15, -0.1) is 0 Å². The van der Waals surface area contributed by atoms with E-state index >= 15 is 0 Å². The molecule has 0 atom stereocenters. The highest BCUT2D eigenvalue weighted by atomic mass is 79.9. The first kappa shape index (κ1) is 19.9. The van der Waals surface area contributed by atoms with Crippen LogP contribution in [0.15, 0.2) is 74.4 Å². The smallest absolute Gasteiger partial charge is 0.266 e. The molecule has 3 aromatic carbocycles. The Balaban J connectivity index is 1.83. The Hall–Kier alpha value is -3.03. The Kier molecular flexibility index (Phi) is 4.87. The predicted molar refractivity (Wildman–Crippen MR) is 130 cm³/mol. The zero-order valence-corrected chi connectivity index (χ0v) is 19.5. The molecule has 0 unspecified atom stereocenters. The van der Waals surface area contributed by atoms with Gasteiger partial charge in [-0.3, -0.25) is 14.2 Å². The zero-order valence-electron chi connectivity index (χ0n) is 16.3. The molecular formula is C24H15Br2N3O2. The van der Waals surface area contributed by atoms with Gasteiger partial charge < -0.3 is 5.32 Å². The summed E-state index contributed by atoms with van der Waals surface area (Å²) in [6, 6.07) is 18.7. The van der Waals surface area contributed by atoms with Crippen LogP contribution >= 0.6 is 31.9 Å². The number of halogens is 2. The second-order valence-electron chi connectivity index (χ2n) is 7.31. The van der Waals surface area contributed by atoms with Gasteiger partial charge in [-0.2, -0.15) is 0 Å². The van der Waals surface area contributed by atoms with Crippen molar-refractivity contribution in [3.63, 3.8) is 0 Å². The molecule has 4 aromatic rings. The zero-order chi connectivity index (χ0) is 21.7. The number of nitrogens with zero attached hydrogens (tertiary/aromatic N) is 2. The predicted octanol–water partition coefficient (Wildman–Crippen LogP) is 5.71. The summed E-state index contributed by atoms with van der Waals surface area (Å²) in [6.45, 7) is 1.97. The largest absolute Gasteiger partial charge is 0.321 e. The Morgan fingerprint density at radius 1 is 0.968 bits per heavy atom. The molecule has 5 rings (SSSR count). The quantitative estimate of drug-likeness (QED) is 0.334. The fourth-order valence-corrected chi connectivity index (χ4v) is 4.44. The summed E-state index contributed by atoms with van der Waals surface area (Å²) in [5.74, 6) is 0.164. The lowest BCUT2D eigenvalue weighted by molar-refractivity contribution is -0.110. The number of aromatic nitrogens is 2. The first-order chi connectivity index (χ1) is 14.9. The number of hydrogen-bond acceptors (Lipinski definition) is 3. The molecule has 0 fully saturated rings. The van der Waals surface area contributed by atoms with Gasteiger partial charge in [0, 0.05) is 20.2 Å². The summed E-state index contributed by atoms with van der Waals surface area (Å²) in [6.07, 6.45) is 1.68. The summed E-state index contributed by atoms with van der Waals surface area (Å²) in [5.41, 5.74) is 4.03. The van der Waals surface area contributed by atoms with Gasteiger partial charge >= 0.3 is 0 Å². The van der Waals surface area contributed by atoms with Crippen molar-refractivity contribution in [1.29, 1.82) is 0 Å². The molecule has 7 heteroatoms. The number of hydrogen-bond donors (Lipinski definition) is 1. The van der Waals surface area contributed by atoms with Crippen molar-refractivity contribution in [2.45, 2.75) is 6.92 Å². The number of anilines is 1. The van der Waals surface area contributed by atoms with E-state index in [0.717, 1.165) is 25.8 Å². The third-order valence-corrected chi connectivity index (χ3v) is 6.14. The molecule has 1 aliphatic rings. The second-order valence-corrected chi connectivity index (χ2v) is 9.14. The van der Waals surface area contributed by atoms with Crippen LogP contribution in [-0.2, 0) is 4.79 Å². The lowest BCUT2D eigenvalue weighted by Gasteiger charge is -2.13. The summed E-state index contributed by atoms with van der Waals surface area (Å²) in [7, 11) is 0. The fraction of sp³-hybridized carbons (Fsp3) is 0.0417. The van der Waals surface area contributed by atoms with Crippen LogP contribution in [0.2, 0.25) is 0 Å². The Labute approximate surface area is 194 Å². The molecule has 0 saturated heterocycles. The van der Waals surface area contributed by atoms with E-state index in [1.54, 1.807) is 22.8 Å². The van der Waals surface area contributed by atoms with Crippen molar-refractivity contribution < 1.29 is 4.79 Å². The molecule has 1 aromatic heterocycles. The fourth-order valence-electron chi connectivity index (χ4n) is 3.72. The van der Waals surface area contributed by atoms with Crippen molar-refractivity contribution in [3.05, 3.63) is 96.9 Å². The molecule has 0 aliphatic carbocycles. The molecule has 1 amide bonds. The van der Waals surface area contributed by atoms with E-state index < -0.39 is 0 Å². The number of fused-ring (bicyclic) bond motifs is 2. The first-order valence-corrected chi connectivity index (χ1v) is 11.1. The van der Waals surface area contributed by atoms with E-state index in [9.17, 15) is 9.59 Å². The number of benzene rings is 3. The molecule has 1 aliphatic heterocycles. The van der Waals surface area contributed by atoms with Crippen LogP contribution in [0.25, 0.3) is 28.2 Å². The monoisotopic (exact) mass is 535 g/mol. The standard InChI is InChI=1S/C24H15Br2N3O2/c1-13-3-2-4-16(9-13)29-22(27-21-8-6-15(26)11-19(21)24(29)31)12-18-17-10-14(25)5-7-20(17)28-23(18)30/h2-12H,1H3,(H,28,30). The Morgan fingerprint density at radius 2 is 1.74 bits per heavy atom. The molecule has 2 heterocycles. The molecule has 152 valence electrons. The van der Waals surface area contributed by atoms with Gasteiger partial charge in [-0.25, -0.2) is 4.98 Å². The number of rotatable bonds is 2. The van der Waals surface area contributed by atoms with Gasteiger partial charge in [0.1, 0.15) is 5.82 Å². The maximum absolute atomic E-state index is 13.5. The minimum atomic E-state index is -0.228. The molecular weight excluding hydrogens is 522 g/mol. The second kappa shape index (κ2) is 7.59. The van der Waals surface area contributed by atoms with Crippen molar-refractivity contribution >= 4 is 66.0 Å². The van der Waals surface area contributed by atoms with Gasteiger partial charge in [0.2, 0.25) is 0 Å². The van der Waals surface area contributed by atoms with E-state index in [2.05, 4.69) is 37.2 Å². The maximum atomic E-state index is 13.5. The van der Waals surface area contributed by atoms with Gasteiger partial charge in [0.05, 0.1) is 22.2 Å². The number of aryl methyl sites for hydroxylation is 1. The summed E-state index contributed by atoms with van der Waals surface area (Å²) >= 11 is 6.90. The van der Waals surface area contributed by atoms with Gasteiger partial charge in [-0.05, 0) is 67.1 Å². The first-order valence-electron chi connectivity index (χ1n) is 9.53. The highest BCUT2D eigenvalue weighted by molar-refractivity contribution is 9.10. The van der Waals surface area contributed by atoms with Crippen LogP contribution in [0.3, 0.4) is 0 Å². The molecule has 31 heavy (non-hydrogen) atoms. The summed E-state index contributed by atoms with van der Waals surface area (Å²) in [5, 5.41) is 3.37.